The van der Waals surface area contributed by atoms with Gasteiger partial charge >= 0.3 is 0 Å². The molecule has 0 spiro atoms. The summed E-state index contributed by atoms with van der Waals surface area (Å²) in [4.78, 5) is 18.4. The predicted octanol–water partition coefficient (Wildman–Crippen LogP) is 3.64. The van der Waals surface area contributed by atoms with E-state index in [0.29, 0.717) is 17.1 Å². The van der Waals surface area contributed by atoms with Crippen molar-refractivity contribution < 1.29 is 9.90 Å². The maximum atomic E-state index is 12.6. The van der Waals surface area contributed by atoms with Crippen LogP contribution in [0.3, 0.4) is 0 Å². The number of carbonyl (C=O) groups is 1. The lowest BCUT2D eigenvalue weighted by molar-refractivity contribution is 0.0314. The van der Waals surface area contributed by atoms with Gasteiger partial charge in [-0.15, -0.1) is 0 Å². The Balaban J connectivity index is 2.28. The van der Waals surface area contributed by atoms with Crippen LogP contribution in [0.2, 0.25) is 5.02 Å². The van der Waals surface area contributed by atoms with E-state index in [1.165, 1.54) is 0 Å². The predicted molar refractivity (Wildman–Crippen MR) is 92.6 cm³/mol. The zero-order valence-corrected chi connectivity index (χ0v) is 14.3. The van der Waals surface area contributed by atoms with E-state index in [2.05, 4.69) is 4.98 Å². The van der Waals surface area contributed by atoms with Crippen molar-refractivity contribution in [3.63, 3.8) is 0 Å². The fourth-order valence-corrected chi connectivity index (χ4v) is 2.46. The fraction of sp³-hybridized carbons (Fsp3) is 0.333. The second-order valence-corrected chi connectivity index (χ2v) is 6.54. The number of pyridine rings is 1. The molecule has 5 heteroatoms. The van der Waals surface area contributed by atoms with E-state index in [9.17, 15) is 9.90 Å². The quantitative estimate of drug-likeness (QED) is 0.909. The molecule has 0 bridgehead atoms. The summed E-state index contributed by atoms with van der Waals surface area (Å²) in [5.74, 6) is -0.141. The highest BCUT2D eigenvalue weighted by Crippen LogP contribution is 2.22. The van der Waals surface area contributed by atoms with Gasteiger partial charge in [0.2, 0.25) is 0 Å². The molecule has 2 aromatic rings. The number of hydrogen-bond donors (Lipinski definition) is 1. The molecule has 1 aromatic heterocycles. The van der Waals surface area contributed by atoms with Crippen LogP contribution >= 0.6 is 11.6 Å². The highest BCUT2D eigenvalue weighted by atomic mass is 35.5. The Morgan fingerprint density at radius 2 is 1.87 bits per heavy atom. The number of aromatic nitrogens is 1. The maximum absolute atomic E-state index is 12.6. The van der Waals surface area contributed by atoms with Gasteiger partial charge < -0.3 is 10.0 Å². The van der Waals surface area contributed by atoms with Crippen LogP contribution in [0.5, 0.6) is 0 Å². The van der Waals surface area contributed by atoms with Gasteiger partial charge in [0.05, 0.1) is 11.2 Å². The third-order valence-electron chi connectivity index (χ3n) is 3.41. The summed E-state index contributed by atoms with van der Waals surface area (Å²) < 4.78 is 0. The Labute approximate surface area is 141 Å². The average Bonchev–Trinajstić information content (AvgIpc) is 2.52. The van der Waals surface area contributed by atoms with Crippen LogP contribution in [0.25, 0.3) is 11.1 Å². The van der Waals surface area contributed by atoms with Gasteiger partial charge in [0.1, 0.15) is 0 Å². The Kier molecular flexibility index (Phi) is 5.39. The molecule has 23 heavy (non-hydrogen) atoms. The van der Waals surface area contributed by atoms with E-state index < -0.39 is 5.60 Å². The molecule has 0 unspecified atom stereocenters. The smallest absolute Gasteiger partial charge is 0.255 e. The molecule has 0 saturated carbocycles. The maximum Gasteiger partial charge on any atom is 0.255 e. The molecule has 1 aromatic carbocycles. The van der Waals surface area contributed by atoms with E-state index in [-0.39, 0.29) is 12.5 Å². The van der Waals surface area contributed by atoms with Crippen LogP contribution in [0.1, 0.15) is 31.1 Å². The van der Waals surface area contributed by atoms with E-state index in [1.54, 1.807) is 43.3 Å². The van der Waals surface area contributed by atoms with Gasteiger partial charge in [0.15, 0.2) is 0 Å². The van der Waals surface area contributed by atoms with Gasteiger partial charge in [-0.1, -0.05) is 23.7 Å². The van der Waals surface area contributed by atoms with Gasteiger partial charge in [-0.05, 0) is 44.5 Å². The van der Waals surface area contributed by atoms with Crippen molar-refractivity contribution in [2.24, 2.45) is 0 Å². The minimum atomic E-state index is -0.938. The summed E-state index contributed by atoms with van der Waals surface area (Å²) in [6, 6.07) is 9.20. The second-order valence-electron chi connectivity index (χ2n) is 6.10. The molecule has 1 heterocycles. The van der Waals surface area contributed by atoms with Crippen molar-refractivity contribution in [2.45, 2.75) is 26.4 Å². The van der Waals surface area contributed by atoms with Crippen LogP contribution in [0.15, 0.2) is 42.7 Å². The van der Waals surface area contributed by atoms with E-state index >= 15 is 0 Å². The zero-order valence-electron chi connectivity index (χ0n) is 13.6. The summed E-state index contributed by atoms with van der Waals surface area (Å²) in [6.07, 6.45) is 3.26. The Hall–Kier alpha value is -1.91. The third-order valence-corrected chi connectivity index (χ3v) is 3.66. The molecule has 0 atom stereocenters. The van der Waals surface area contributed by atoms with Crippen molar-refractivity contribution >= 4 is 17.5 Å². The number of hydrogen-bond acceptors (Lipinski definition) is 3. The summed E-state index contributed by atoms with van der Waals surface area (Å²) in [6.45, 7) is 6.05. The fourth-order valence-electron chi connectivity index (χ4n) is 2.33. The van der Waals surface area contributed by atoms with E-state index in [1.807, 2.05) is 25.1 Å². The molecule has 4 nitrogen and oxygen atoms in total. The van der Waals surface area contributed by atoms with Crippen LogP contribution in [-0.4, -0.2) is 39.6 Å². The number of amides is 1. The van der Waals surface area contributed by atoms with Crippen LogP contribution in [0, 0.1) is 0 Å². The highest BCUT2D eigenvalue weighted by Gasteiger charge is 2.22. The molecule has 122 valence electrons. The number of rotatable bonds is 5. The lowest BCUT2D eigenvalue weighted by atomic mass is 10.0. The molecule has 0 saturated heterocycles. The number of carbonyl (C=O) groups excluding carboxylic acids is 1. The summed E-state index contributed by atoms with van der Waals surface area (Å²) in [7, 11) is 0. The van der Waals surface area contributed by atoms with Crippen LogP contribution in [-0.2, 0) is 0 Å². The number of halogens is 1. The molecule has 0 aliphatic heterocycles. The van der Waals surface area contributed by atoms with E-state index in [4.69, 9.17) is 11.6 Å². The van der Waals surface area contributed by atoms with Gasteiger partial charge in [-0.2, -0.15) is 0 Å². The molecule has 1 amide bonds. The van der Waals surface area contributed by atoms with Crippen molar-refractivity contribution in [1.29, 1.82) is 0 Å². The first-order chi connectivity index (χ1) is 10.8. The van der Waals surface area contributed by atoms with Crippen molar-refractivity contribution in [3.8, 4) is 11.1 Å². The molecule has 1 N–H and O–H groups in total. The Morgan fingerprint density at radius 3 is 2.43 bits per heavy atom. The van der Waals surface area contributed by atoms with Gasteiger partial charge in [-0.3, -0.25) is 9.78 Å². The number of benzene rings is 1. The molecule has 0 aliphatic carbocycles. The summed E-state index contributed by atoms with van der Waals surface area (Å²) in [5.41, 5.74) is 1.37. The SMILES string of the molecule is CCN(CC(C)(C)O)C(=O)c1cncc(-c2ccc(Cl)cc2)c1. The zero-order chi connectivity index (χ0) is 17.0. The molecule has 2 rings (SSSR count). The number of nitrogens with zero attached hydrogens (tertiary/aromatic N) is 2. The topological polar surface area (TPSA) is 53.4 Å². The number of aliphatic hydroxyl groups is 1. The van der Waals surface area contributed by atoms with Crippen molar-refractivity contribution in [1.82, 2.24) is 9.88 Å². The molecular weight excluding hydrogens is 312 g/mol. The normalized spacial score (nSPS) is 11.3. The first-order valence-electron chi connectivity index (χ1n) is 7.53. The van der Waals surface area contributed by atoms with Crippen molar-refractivity contribution in [2.75, 3.05) is 13.1 Å². The minimum absolute atomic E-state index is 0.141. The monoisotopic (exact) mass is 332 g/mol. The lowest BCUT2D eigenvalue weighted by Crippen LogP contribution is -2.42. The minimum Gasteiger partial charge on any atom is -0.389 e. The lowest BCUT2D eigenvalue weighted by Gasteiger charge is -2.28. The summed E-state index contributed by atoms with van der Waals surface area (Å²) >= 11 is 5.90. The summed E-state index contributed by atoms with van der Waals surface area (Å²) in [5, 5.41) is 10.6. The molecule has 0 radical (unpaired) electrons. The molecule has 0 fully saturated rings. The number of likely N-dealkylation sites (N-methyl/N-ethyl adjacent to an activating group) is 1. The van der Waals surface area contributed by atoms with Crippen molar-refractivity contribution in [3.05, 3.63) is 53.3 Å². The Morgan fingerprint density at radius 1 is 1.22 bits per heavy atom. The molecular formula is C18H21ClN2O2. The third kappa shape index (κ3) is 4.78. The molecule has 0 aliphatic rings. The first-order valence-corrected chi connectivity index (χ1v) is 7.90. The first kappa shape index (κ1) is 17.4. The Bertz CT molecular complexity index is 678. The second kappa shape index (κ2) is 7.11. The largest absolute Gasteiger partial charge is 0.389 e. The standard InChI is InChI=1S/C18H21ClN2O2/c1-4-21(12-18(2,3)23)17(22)15-9-14(10-20-11-15)13-5-7-16(19)8-6-13/h5-11,23H,4,12H2,1-3H3. The van der Waals surface area contributed by atoms with Crippen LogP contribution < -0.4 is 0 Å². The average molecular weight is 333 g/mol. The van der Waals surface area contributed by atoms with Crippen LogP contribution in [0.4, 0.5) is 0 Å². The van der Waals surface area contributed by atoms with Gasteiger partial charge in [-0.25, -0.2) is 0 Å². The highest BCUT2D eigenvalue weighted by molar-refractivity contribution is 6.30. The van der Waals surface area contributed by atoms with Gasteiger partial charge in [0, 0.05) is 36.1 Å². The van der Waals surface area contributed by atoms with E-state index in [0.717, 1.165) is 11.1 Å². The van der Waals surface area contributed by atoms with Gasteiger partial charge in [0.25, 0.3) is 5.91 Å².